The Morgan fingerprint density at radius 2 is 1.40 bits per heavy atom. The smallest absolute Gasteiger partial charge is 0.123 e. The third-order valence-corrected chi connectivity index (χ3v) is 3.10. The van der Waals surface area contributed by atoms with Crippen molar-refractivity contribution in [3.63, 3.8) is 0 Å². The van der Waals surface area contributed by atoms with Gasteiger partial charge in [0.15, 0.2) is 0 Å². The molecular formula is C14H21F. The molecule has 1 rings (SSSR count). The van der Waals surface area contributed by atoms with E-state index in [0.717, 1.165) is 6.42 Å². The van der Waals surface area contributed by atoms with E-state index >= 15 is 0 Å². The molecule has 0 aliphatic carbocycles. The van der Waals surface area contributed by atoms with E-state index in [1.165, 1.54) is 5.56 Å². The lowest BCUT2D eigenvalue weighted by Gasteiger charge is -2.24. The molecule has 0 bridgehead atoms. The predicted molar refractivity (Wildman–Crippen MR) is 63.3 cm³/mol. The fourth-order valence-electron chi connectivity index (χ4n) is 2.13. The Morgan fingerprint density at radius 1 is 0.933 bits per heavy atom. The minimum atomic E-state index is -0.149. The van der Waals surface area contributed by atoms with Crippen LogP contribution in [-0.4, -0.2) is 0 Å². The quantitative estimate of drug-likeness (QED) is 0.692. The van der Waals surface area contributed by atoms with E-state index in [4.69, 9.17) is 0 Å². The molecule has 84 valence electrons. The summed E-state index contributed by atoms with van der Waals surface area (Å²) >= 11 is 0. The number of benzene rings is 1. The van der Waals surface area contributed by atoms with E-state index in [-0.39, 0.29) is 5.82 Å². The number of hydrogen-bond donors (Lipinski definition) is 0. The standard InChI is InChI=1S/C14H21F/c1-10(2)14(11(3)4)9-12-5-7-13(15)8-6-12/h5-8,10-11,14H,9H2,1-4H3. The van der Waals surface area contributed by atoms with Gasteiger partial charge in [-0.05, 0) is 41.9 Å². The summed E-state index contributed by atoms with van der Waals surface area (Å²) in [6.07, 6.45) is 1.05. The zero-order valence-electron chi connectivity index (χ0n) is 10.1. The van der Waals surface area contributed by atoms with Crippen LogP contribution in [0.2, 0.25) is 0 Å². The summed E-state index contributed by atoms with van der Waals surface area (Å²) in [5, 5.41) is 0. The molecule has 0 aliphatic rings. The van der Waals surface area contributed by atoms with Crippen molar-refractivity contribution in [2.45, 2.75) is 34.1 Å². The van der Waals surface area contributed by atoms with E-state index in [1.807, 2.05) is 12.1 Å². The van der Waals surface area contributed by atoms with Crippen molar-refractivity contribution in [1.29, 1.82) is 0 Å². The van der Waals surface area contributed by atoms with Crippen molar-refractivity contribution in [3.05, 3.63) is 35.6 Å². The minimum Gasteiger partial charge on any atom is -0.207 e. The number of hydrogen-bond acceptors (Lipinski definition) is 0. The van der Waals surface area contributed by atoms with Gasteiger partial charge in [-0.15, -0.1) is 0 Å². The Hall–Kier alpha value is -0.850. The van der Waals surface area contributed by atoms with Gasteiger partial charge in [0.05, 0.1) is 0 Å². The van der Waals surface area contributed by atoms with Crippen molar-refractivity contribution in [2.24, 2.45) is 17.8 Å². The first-order chi connectivity index (χ1) is 7.00. The van der Waals surface area contributed by atoms with Gasteiger partial charge in [0.2, 0.25) is 0 Å². The average Bonchev–Trinajstić information content (AvgIpc) is 2.15. The molecule has 0 radical (unpaired) electrons. The summed E-state index contributed by atoms with van der Waals surface area (Å²) in [4.78, 5) is 0. The van der Waals surface area contributed by atoms with Crippen LogP contribution in [0.15, 0.2) is 24.3 Å². The second-order valence-corrected chi connectivity index (χ2v) is 4.98. The lowest BCUT2D eigenvalue weighted by atomic mass is 9.81. The first kappa shape index (κ1) is 12.2. The Kier molecular flexibility index (Phi) is 4.31. The molecule has 0 aromatic heterocycles. The molecule has 0 N–H and O–H groups in total. The second-order valence-electron chi connectivity index (χ2n) is 4.98. The maximum atomic E-state index is 12.7. The highest BCUT2D eigenvalue weighted by Crippen LogP contribution is 2.24. The molecule has 15 heavy (non-hydrogen) atoms. The molecule has 0 fully saturated rings. The van der Waals surface area contributed by atoms with Gasteiger partial charge in [-0.3, -0.25) is 0 Å². The maximum Gasteiger partial charge on any atom is 0.123 e. The van der Waals surface area contributed by atoms with Crippen LogP contribution < -0.4 is 0 Å². The maximum absolute atomic E-state index is 12.7. The van der Waals surface area contributed by atoms with Crippen molar-refractivity contribution in [1.82, 2.24) is 0 Å². The molecule has 0 nitrogen and oxygen atoms in total. The van der Waals surface area contributed by atoms with Crippen molar-refractivity contribution in [2.75, 3.05) is 0 Å². The van der Waals surface area contributed by atoms with Gasteiger partial charge in [-0.2, -0.15) is 0 Å². The van der Waals surface area contributed by atoms with Gasteiger partial charge < -0.3 is 0 Å². The summed E-state index contributed by atoms with van der Waals surface area (Å²) < 4.78 is 12.7. The predicted octanol–water partition coefficient (Wildman–Crippen LogP) is 4.30. The third kappa shape index (κ3) is 3.65. The molecule has 0 atom stereocenters. The molecule has 0 aliphatic heterocycles. The summed E-state index contributed by atoms with van der Waals surface area (Å²) in [5.41, 5.74) is 1.24. The molecule has 0 spiro atoms. The Balaban J connectivity index is 2.70. The first-order valence-corrected chi connectivity index (χ1v) is 5.75. The molecule has 1 heteroatoms. The van der Waals surface area contributed by atoms with Crippen LogP contribution in [0.1, 0.15) is 33.3 Å². The van der Waals surface area contributed by atoms with Crippen LogP contribution in [0.5, 0.6) is 0 Å². The fourth-order valence-corrected chi connectivity index (χ4v) is 2.13. The lowest BCUT2D eigenvalue weighted by molar-refractivity contribution is 0.286. The van der Waals surface area contributed by atoms with Crippen LogP contribution in [0, 0.1) is 23.6 Å². The van der Waals surface area contributed by atoms with Crippen LogP contribution in [0.4, 0.5) is 4.39 Å². The van der Waals surface area contributed by atoms with Crippen LogP contribution >= 0.6 is 0 Å². The topological polar surface area (TPSA) is 0 Å². The van der Waals surface area contributed by atoms with Crippen molar-refractivity contribution >= 4 is 0 Å². The van der Waals surface area contributed by atoms with Crippen molar-refractivity contribution < 1.29 is 4.39 Å². The normalized spacial score (nSPS) is 11.7. The van der Waals surface area contributed by atoms with Crippen LogP contribution in [0.25, 0.3) is 0 Å². The third-order valence-electron chi connectivity index (χ3n) is 3.10. The van der Waals surface area contributed by atoms with Crippen LogP contribution in [-0.2, 0) is 6.42 Å². The molecule has 1 aromatic rings. The Morgan fingerprint density at radius 3 is 1.80 bits per heavy atom. The minimum absolute atomic E-state index is 0.149. The molecule has 0 heterocycles. The van der Waals surface area contributed by atoms with E-state index in [9.17, 15) is 4.39 Å². The summed E-state index contributed by atoms with van der Waals surface area (Å²) in [6.45, 7) is 9.03. The Labute approximate surface area is 92.5 Å². The SMILES string of the molecule is CC(C)C(Cc1ccc(F)cc1)C(C)C. The Bertz CT molecular complexity index is 277. The number of rotatable bonds is 4. The summed E-state index contributed by atoms with van der Waals surface area (Å²) in [6, 6.07) is 6.89. The largest absolute Gasteiger partial charge is 0.207 e. The first-order valence-electron chi connectivity index (χ1n) is 5.75. The molecular weight excluding hydrogens is 187 g/mol. The molecule has 0 unspecified atom stereocenters. The average molecular weight is 208 g/mol. The molecule has 0 saturated heterocycles. The summed E-state index contributed by atoms with van der Waals surface area (Å²) in [7, 11) is 0. The monoisotopic (exact) mass is 208 g/mol. The highest BCUT2D eigenvalue weighted by molar-refractivity contribution is 5.16. The molecule has 0 amide bonds. The van der Waals surface area contributed by atoms with Gasteiger partial charge in [-0.1, -0.05) is 39.8 Å². The van der Waals surface area contributed by atoms with Crippen molar-refractivity contribution in [3.8, 4) is 0 Å². The highest BCUT2D eigenvalue weighted by Gasteiger charge is 2.17. The number of halogens is 1. The van der Waals surface area contributed by atoms with Gasteiger partial charge in [0, 0.05) is 0 Å². The van der Waals surface area contributed by atoms with Crippen LogP contribution in [0.3, 0.4) is 0 Å². The van der Waals surface area contributed by atoms with E-state index in [2.05, 4.69) is 27.7 Å². The van der Waals surface area contributed by atoms with E-state index in [1.54, 1.807) is 12.1 Å². The van der Waals surface area contributed by atoms with Gasteiger partial charge >= 0.3 is 0 Å². The fraction of sp³-hybridized carbons (Fsp3) is 0.571. The van der Waals surface area contributed by atoms with Gasteiger partial charge in [0.25, 0.3) is 0 Å². The highest BCUT2D eigenvalue weighted by atomic mass is 19.1. The zero-order chi connectivity index (χ0) is 11.4. The van der Waals surface area contributed by atoms with Gasteiger partial charge in [0.1, 0.15) is 5.82 Å². The summed E-state index contributed by atoms with van der Waals surface area (Å²) in [5.74, 6) is 1.88. The zero-order valence-corrected chi connectivity index (χ0v) is 10.1. The molecule has 1 aromatic carbocycles. The van der Waals surface area contributed by atoms with Gasteiger partial charge in [-0.25, -0.2) is 4.39 Å². The van der Waals surface area contributed by atoms with E-state index in [0.29, 0.717) is 17.8 Å². The second kappa shape index (κ2) is 5.29. The molecule has 0 saturated carbocycles. The van der Waals surface area contributed by atoms with E-state index < -0.39 is 0 Å². The lowest BCUT2D eigenvalue weighted by Crippen LogP contribution is -2.18.